The van der Waals surface area contributed by atoms with E-state index >= 15 is 0 Å². The minimum Gasteiger partial charge on any atom is -0.458 e. The van der Waals surface area contributed by atoms with Crippen molar-refractivity contribution in [2.24, 2.45) is 0 Å². The van der Waals surface area contributed by atoms with Crippen LogP contribution < -0.4 is 9.30 Å². The smallest absolute Gasteiger partial charge is 0.269 e. The Balaban J connectivity index is 1.14. The summed E-state index contributed by atoms with van der Waals surface area (Å²) in [6.07, 6.45) is 4.99. The first kappa shape index (κ1) is 26.4. The standard InChI is InChI=1S/C73H50N4O/c1-50-34-36-54(37-35-50)58-42-57(53-23-9-4-10-24-53)45-60(46-58)65-29-18-28-64(59-43-55(51-19-5-2-6-20-51)41-56(44-59)52-21-7-3-8-22-52)73(65)76-49-75(69-31-13-14-32-70(69)76)61-25-17-26-62(47-61)78-63-38-39-67-66-27-11-12-30-68(66)77(71(67)48-63)72-33-15-16-40-74-72/h2-48H,1H3/i2D,3D,4D,5D,6D,7D,8D,9D,10D,18D,19D,20D,21D,22D,23D,28D,29D,34D,35D,36D,37D,41D,42D,43D,45D,46D. The lowest BCUT2D eigenvalue weighted by molar-refractivity contribution is -0.571. The first-order valence-electron chi connectivity index (χ1n) is 37.3. The number of pyridine rings is 1. The maximum Gasteiger partial charge on any atom is 0.269 e. The third-order valence-electron chi connectivity index (χ3n) is 12.9. The summed E-state index contributed by atoms with van der Waals surface area (Å²) in [5.41, 5.74) is -7.14. The van der Waals surface area contributed by atoms with Crippen molar-refractivity contribution >= 4 is 32.8 Å². The Morgan fingerprint density at radius 2 is 1.05 bits per heavy atom. The maximum absolute atomic E-state index is 10.4. The Kier molecular flexibility index (Phi) is 6.68. The second-order valence-corrected chi connectivity index (χ2v) is 17.7. The normalized spacial score (nSPS) is 16.1. The molecule has 0 spiro atoms. The molecule has 5 nitrogen and oxygen atoms in total. The Labute approximate surface area is 490 Å². The van der Waals surface area contributed by atoms with E-state index in [1.54, 1.807) is 60.8 Å². The van der Waals surface area contributed by atoms with Crippen molar-refractivity contribution in [2.75, 3.05) is 0 Å². The molecular weight excluding hydrogens is 949 g/mol. The fraction of sp³-hybridized carbons (Fsp3) is 0.0137. The molecule has 0 aliphatic carbocycles. The number of hydrogen-bond acceptors (Lipinski definition) is 2. The van der Waals surface area contributed by atoms with Crippen LogP contribution in [0.5, 0.6) is 11.5 Å². The quantitative estimate of drug-likeness (QED) is 0.0956. The molecule has 368 valence electrons. The number of fused-ring (bicyclic) bond motifs is 4. The molecule has 0 saturated carbocycles. The van der Waals surface area contributed by atoms with Crippen molar-refractivity contribution < 1.29 is 44.9 Å². The van der Waals surface area contributed by atoms with Crippen LogP contribution in [-0.2, 0) is 0 Å². The van der Waals surface area contributed by atoms with E-state index in [4.69, 9.17) is 19.8 Å². The van der Waals surface area contributed by atoms with Gasteiger partial charge in [-0.3, -0.25) is 13.7 Å². The molecule has 0 radical (unpaired) electrons. The Hall–Kier alpha value is -10.4. The van der Waals surface area contributed by atoms with Crippen molar-refractivity contribution in [1.82, 2.24) is 14.1 Å². The highest BCUT2D eigenvalue weighted by Gasteiger charge is 2.22. The lowest BCUT2D eigenvalue weighted by Crippen LogP contribution is -2.31. The van der Waals surface area contributed by atoms with Gasteiger partial charge in [-0.05, 0) is 158 Å². The van der Waals surface area contributed by atoms with E-state index < -0.39 is 230 Å². The number of imidazole rings is 1. The molecule has 14 rings (SSSR count). The number of benzene rings is 11. The summed E-state index contributed by atoms with van der Waals surface area (Å²) in [6, 6.07) is 10.9. The number of ether oxygens (including phenoxy) is 1. The summed E-state index contributed by atoms with van der Waals surface area (Å²) in [6.45, 7) is 1.30. The first-order chi connectivity index (χ1) is 49.4. The highest BCUT2D eigenvalue weighted by Crippen LogP contribution is 2.42. The molecule has 0 amide bonds. The molecule has 3 heterocycles. The van der Waals surface area contributed by atoms with Gasteiger partial charge in [-0.25, -0.2) is 4.98 Å². The van der Waals surface area contributed by atoms with Gasteiger partial charge < -0.3 is 4.74 Å². The van der Waals surface area contributed by atoms with E-state index in [0.717, 1.165) is 33.9 Å². The molecule has 0 N–H and O–H groups in total. The van der Waals surface area contributed by atoms with E-state index in [1.165, 1.54) is 16.1 Å². The van der Waals surface area contributed by atoms with Gasteiger partial charge in [-0.1, -0.05) is 193 Å². The fourth-order valence-electron chi connectivity index (χ4n) is 9.42. The zero-order valence-electron chi connectivity index (χ0n) is 66.8. The molecule has 0 unspecified atom stereocenters. The van der Waals surface area contributed by atoms with Crippen LogP contribution in [0, 0.1) is 13.3 Å². The van der Waals surface area contributed by atoms with Crippen LogP contribution in [0.15, 0.2) is 285 Å². The third-order valence-corrected chi connectivity index (χ3v) is 12.9. The number of rotatable bonds is 11. The highest BCUT2D eigenvalue weighted by atomic mass is 16.5. The maximum atomic E-state index is 10.4. The fourth-order valence-corrected chi connectivity index (χ4v) is 9.42. The molecule has 14 aromatic rings. The number of aromatic nitrogens is 4. The van der Waals surface area contributed by atoms with Gasteiger partial charge in [-0.15, -0.1) is 0 Å². The lowest BCUT2D eigenvalue weighted by Gasteiger charge is -2.20. The minimum absolute atomic E-state index is 0.0805. The second-order valence-electron chi connectivity index (χ2n) is 17.7. The molecule has 0 fully saturated rings. The van der Waals surface area contributed by atoms with E-state index in [0.29, 0.717) is 17.3 Å². The zero-order chi connectivity index (χ0) is 74.6. The molecule has 5 heteroatoms. The van der Waals surface area contributed by atoms with Crippen LogP contribution >= 0.6 is 0 Å². The first-order valence-corrected chi connectivity index (χ1v) is 24.3. The van der Waals surface area contributed by atoms with E-state index in [9.17, 15) is 20.6 Å². The molecule has 3 aromatic heterocycles. The molecule has 0 atom stereocenters. The van der Waals surface area contributed by atoms with Crippen LogP contribution in [0.2, 0.25) is 0 Å². The number of hydrogen-bond donors (Lipinski definition) is 0. The number of nitrogens with zero attached hydrogens (tertiary/aromatic N) is 4. The summed E-state index contributed by atoms with van der Waals surface area (Å²) in [5, 5.41) is 1.87. The summed E-state index contributed by atoms with van der Waals surface area (Å²) in [4.78, 5) is 4.65. The van der Waals surface area contributed by atoms with Gasteiger partial charge in [-0.2, -0.15) is 0 Å². The topological polar surface area (TPSA) is 35.9 Å². The minimum atomic E-state index is -1.06. The Morgan fingerprint density at radius 1 is 0.436 bits per heavy atom. The average Bonchev–Trinajstić information content (AvgIpc) is 0.824. The molecule has 0 bridgehead atoms. The van der Waals surface area contributed by atoms with E-state index in [1.807, 2.05) is 59.2 Å². The largest absolute Gasteiger partial charge is 0.458 e. The third kappa shape index (κ3) is 8.59. The van der Waals surface area contributed by atoms with Crippen molar-refractivity contribution in [3.63, 3.8) is 0 Å². The molecule has 0 aliphatic rings. The van der Waals surface area contributed by atoms with Crippen LogP contribution in [0.1, 0.15) is 41.2 Å². The van der Waals surface area contributed by atoms with Gasteiger partial charge in [0.1, 0.15) is 17.3 Å². The lowest BCUT2D eigenvalue weighted by atomic mass is 9.88. The molecule has 0 saturated heterocycles. The van der Waals surface area contributed by atoms with Gasteiger partial charge in [0, 0.05) is 23.0 Å². The molecule has 11 aromatic carbocycles. The zero-order valence-corrected chi connectivity index (χ0v) is 40.8. The summed E-state index contributed by atoms with van der Waals surface area (Å²) >= 11 is 0. The summed E-state index contributed by atoms with van der Waals surface area (Å²) < 4.78 is 254. The van der Waals surface area contributed by atoms with Gasteiger partial charge in [0.25, 0.3) is 6.33 Å². The van der Waals surface area contributed by atoms with Crippen LogP contribution in [0.4, 0.5) is 0 Å². The van der Waals surface area contributed by atoms with E-state index in [-0.39, 0.29) is 22.3 Å². The predicted molar refractivity (Wildman–Crippen MR) is 320 cm³/mol. The van der Waals surface area contributed by atoms with E-state index in [2.05, 4.69) is 11.3 Å². The monoisotopic (exact) mass is 1020 g/mol. The molecule has 78 heavy (non-hydrogen) atoms. The number of para-hydroxylation sites is 4. The van der Waals surface area contributed by atoms with Crippen molar-refractivity contribution in [3.8, 4) is 95.5 Å². The van der Waals surface area contributed by atoms with Crippen LogP contribution in [-0.4, -0.2) is 14.1 Å². The predicted octanol–water partition coefficient (Wildman–Crippen LogP) is 18.3. The SMILES string of the molecule is [2H]c1cc(-c2c([2H])c(-c3c([2H])c([2H])c(C)c([2H])c3[2H])c([2H])c(-c3c([2H])c([2H])c([2H])c(-c4cc(-c5c([2H])c([2H])c([2H])c([2H])c5[2H])c([2H])c(-c5c([2H])c([2H])c([2H])c([2H])c5[2H])c4[2H])c3-[n+]3[c-]n(-c4cccc(Oc5ccc6c7ccccc7n(-c7ccccn7)c6c5)c4)c4ccccc43)c2[2H])c([2H])c([2H])c1[2H]. The van der Waals surface area contributed by atoms with Crippen molar-refractivity contribution in [3.05, 3.63) is 297 Å². The second kappa shape index (κ2) is 19.7. The Bertz CT molecular complexity index is 6050. The van der Waals surface area contributed by atoms with Crippen LogP contribution in [0.25, 0.3) is 117 Å². The van der Waals surface area contributed by atoms with Crippen molar-refractivity contribution in [1.29, 1.82) is 0 Å². The average molecular weight is 1030 g/mol. The Morgan fingerprint density at radius 3 is 1.83 bits per heavy atom. The highest BCUT2D eigenvalue weighted by molar-refractivity contribution is 6.09. The molecular formula is C73H50N4O. The summed E-state index contributed by atoms with van der Waals surface area (Å²) in [7, 11) is 0. The van der Waals surface area contributed by atoms with Crippen molar-refractivity contribution in [2.45, 2.75) is 6.92 Å². The van der Waals surface area contributed by atoms with Gasteiger partial charge in [0.2, 0.25) is 0 Å². The van der Waals surface area contributed by atoms with Gasteiger partial charge in [0.15, 0.2) is 0 Å². The van der Waals surface area contributed by atoms with Crippen LogP contribution in [0.3, 0.4) is 0 Å². The summed E-state index contributed by atoms with van der Waals surface area (Å²) in [5.74, 6) is 1.32. The van der Waals surface area contributed by atoms with Gasteiger partial charge in [0.05, 0.1) is 69.1 Å². The molecule has 0 aliphatic heterocycles. The van der Waals surface area contributed by atoms with Gasteiger partial charge >= 0.3 is 0 Å².